The Hall–Kier alpha value is -3.01. The van der Waals surface area contributed by atoms with Crippen molar-refractivity contribution in [3.63, 3.8) is 0 Å². The van der Waals surface area contributed by atoms with Gasteiger partial charge >= 0.3 is 12.1 Å². The van der Waals surface area contributed by atoms with E-state index in [-0.39, 0.29) is 23.8 Å². The first-order valence-corrected chi connectivity index (χ1v) is 11.8. The van der Waals surface area contributed by atoms with Crippen molar-refractivity contribution in [2.75, 3.05) is 10.1 Å². The van der Waals surface area contributed by atoms with Gasteiger partial charge in [-0.25, -0.2) is 13.2 Å². The standard InChI is InChI=1S/C23H26F3NO5S/c1-4-13-33(30,31)27(16(2)3)20-11-10-19(23(24,25)26)14-21(20)32-15-18-7-5-17(6-8-18)9-12-22(28)29/h5-12,14,16H,4,13,15H2,1-3H3,(H,28,29). The molecule has 6 nitrogen and oxygen atoms in total. The molecule has 0 saturated carbocycles. The van der Waals surface area contributed by atoms with Gasteiger partial charge in [0.1, 0.15) is 12.4 Å². The van der Waals surface area contributed by atoms with E-state index in [4.69, 9.17) is 9.84 Å². The van der Waals surface area contributed by atoms with E-state index in [0.29, 0.717) is 17.5 Å². The van der Waals surface area contributed by atoms with Crippen molar-refractivity contribution in [2.24, 2.45) is 0 Å². The second kappa shape index (κ2) is 10.7. The molecule has 0 amide bonds. The van der Waals surface area contributed by atoms with Gasteiger partial charge in [-0.1, -0.05) is 31.2 Å². The third-order valence-electron chi connectivity index (χ3n) is 4.55. The van der Waals surface area contributed by atoms with Gasteiger partial charge in [0.25, 0.3) is 0 Å². The fraction of sp³-hybridized carbons (Fsp3) is 0.348. The Morgan fingerprint density at radius 3 is 2.30 bits per heavy atom. The van der Waals surface area contributed by atoms with Crippen molar-refractivity contribution in [3.05, 3.63) is 65.2 Å². The summed E-state index contributed by atoms with van der Waals surface area (Å²) in [5.74, 6) is -1.45. The first kappa shape index (κ1) is 26.2. The smallest absolute Gasteiger partial charge is 0.416 e. The van der Waals surface area contributed by atoms with E-state index in [1.165, 1.54) is 6.08 Å². The van der Waals surface area contributed by atoms with Gasteiger partial charge in [-0.15, -0.1) is 0 Å². The molecule has 0 radical (unpaired) electrons. The van der Waals surface area contributed by atoms with Crippen molar-refractivity contribution in [1.29, 1.82) is 0 Å². The molecule has 0 spiro atoms. The molecule has 2 aromatic carbocycles. The third-order valence-corrected chi connectivity index (χ3v) is 6.69. The fourth-order valence-corrected chi connectivity index (χ4v) is 4.95. The van der Waals surface area contributed by atoms with E-state index in [2.05, 4.69) is 0 Å². The summed E-state index contributed by atoms with van der Waals surface area (Å²) in [6.07, 6.45) is -1.89. The molecule has 0 aromatic heterocycles. The summed E-state index contributed by atoms with van der Waals surface area (Å²) in [5.41, 5.74) is 0.315. The van der Waals surface area contributed by atoms with Gasteiger partial charge < -0.3 is 9.84 Å². The number of alkyl halides is 3. The van der Waals surface area contributed by atoms with Crippen LogP contribution in [0.3, 0.4) is 0 Å². The summed E-state index contributed by atoms with van der Waals surface area (Å²) in [5, 5.41) is 8.69. The quantitative estimate of drug-likeness (QED) is 0.460. The van der Waals surface area contributed by atoms with Gasteiger partial charge in [0.15, 0.2) is 0 Å². The highest BCUT2D eigenvalue weighted by atomic mass is 32.2. The molecule has 10 heteroatoms. The number of anilines is 1. The topological polar surface area (TPSA) is 83.9 Å². The Bertz CT molecular complexity index is 1090. The minimum Gasteiger partial charge on any atom is -0.487 e. The zero-order chi connectivity index (χ0) is 24.8. The zero-order valence-corrected chi connectivity index (χ0v) is 19.3. The van der Waals surface area contributed by atoms with Crippen molar-refractivity contribution >= 4 is 27.8 Å². The molecule has 0 aliphatic rings. The summed E-state index contributed by atoms with van der Waals surface area (Å²) in [6.45, 7) is 4.86. The molecule has 0 saturated heterocycles. The van der Waals surface area contributed by atoms with E-state index in [1.807, 2.05) is 0 Å². The molecule has 0 unspecified atom stereocenters. The minimum atomic E-state index is -4.63. The molecule has 0 aliphatic carbocycles. The number of hydrogen-bond donors (Lipinski definition) is 1. The van der Waals surface area contributed by atoms with Crippen molar-refractivity contribution in [3.8, 4) is 5.75 Å². The van der Waals surface area contributed by atoms with Crippen LogP contribution in [0.25, 0.3) is 6.08 Å². The van der Waals surface area contributed by atoms with Gasteiger partial charge in [0.2, 0.25) is 10.0 Å². The van der Waals surface area contributed by atoms with E-state index in [1.54, 1.807) is 45.0 Å². The maximum Gasteiger partial charge on any atom is 0.416 e. The molecule has 2 rings (SSSR count). The highest BCUT2D eigenvalue weighted by Gasteiger charge is 2.34. The number of sulfonamides is 1. The second-order valence-electron chi connectivity index (χ2n) is 7.59. The van der Waals surface area contributed by atoms with E-state index in [9.17, 15) is 26.4 Å². The maximum absolute atomic E-state index is 13.3. The average Bonchev–Trinajstić information content (AvgIpc) is 2.71. The Morgan fingerprint density at radius 2 is 1.79 bits per heavy atom. The molecular formula is C23H26F3NO5S. The Morgan fingerprint density at radius 1 is 1.15 bits per heavy atom. The van der Waals surface area contributed by atoms with Crippen molar-refractivity contribution in [1.82, 2.24) is 0 Å². The number of ether oxygens (including phenoxy) is 1. The highest BCUT2D eigenvalue weighted by molar-refractivity contribution is 7.92. The summed E-state index contributed by atoms with van der Waals surface area (Å²) >= 11 is 0. The molecule has 2 aromatic rings. The number of benzene rings is 2. The van der Waals surface area contributed by atoms with Crippen LogP contribution in [0.4, 0.5) is 18.9 Å². The SMILES string of the molecule is CCCS(=O)(=O)N(c1ccc(C(F)(F)F)cc1OCc1ccc(C=CC(=O)O)cc1)C(C)C. The highest BCUT2D eigenvalue weighted by Crippen LogP contribution is 2.39. The lowest BCUT2D eigenvalue weighted by molar-refractivity contribution is -0.137. The average molecular weight is 486 g/mol. The van der Waals surface area contributed by atoms with E-state index < -0.39 is 33.8 Å². The van der Waals surface area contributed by atoms with Gasteiger partial charge in [-0.05, 0) is 55.7 Å². The Balaban J connectivity index is 2.41. The van der Waals surface area contributed by atoms with Crippen molar-refractivity contribution < 1.29 is 36.2 Å². The number of carbonyl (C=O) groups is 1. The second-order valence-corrected chi connectivity index (χ2v) is 9.55. The molecule has 0 aliphatic heterocycles. The number of nitrogens with zero attached hydrogens (tertiary/aromatic N) is 1. The first-order chi connectivity index (χ1) is 15.3. The van der Waals surface area contributed by atoms with E-state index >= 15 is 0 Å². The number of carboxylic acid groups (broad SMARTS) is 1. The van der Waals surface area contributed by atoms with Crippen LogP contribution in [0.2, 0.25) is 0 Å². The minimum absolute atomic E-state index is 0.0347. The molecule has 0 fully saturated rings. The van der Waals surface area contributed by atoms with Crippen LogP contribution in [-0.2, 0) is 27.6 Å². The number of hydrogen-bond acceptors (Lipinski definition) is 4. The molecule has 0 bridgehead atoms. The van der Waals surface area contributed by atoms with Crippen LogP contribution in [-0.4, -0.2) is 31.3 Å². The molecule has 1 N–H and O–H groups in total. The van der Waals surface area contributed by atoms with Gasteiger partial charge in [-0.3, -0.25) is 4.31 Å². The molecular weight excluding hydrogens is 459 g/mol. The Kier molecular flexibility index (Phi) is 8.54. The third kappa shape index (κ3) is 7.24. The van der Waals surface area contributed by atoms with E-state index in [0.717, 1.165) is 28.6 Å². The number of carboxylic acids is 1. The number of halogens is 3. The van der Waals surface area contributed by atoms with Crippen molar-refractivity contribution in [2.45, 2.75) is 46.0 Å². The summed E-state index contributed by atoms with van der Waals surface area (Å²) in [6, 6.07) is 8.77. The lowest BCUT2D eigenvalue weighted by atomic mass is 10.1. The van der Waals surface area contributed by atoms with Gasteiger partial charge in [0.05, 0.1) is 17.0 Å². The van der Waals surface area contributed by atoms with Gasteiger partial charge in [0, 0.05) is 12.1 Å². The predicted molar refractivity (Wildman–Crippen MR) is 121 cm³/mol. The van der Waals surface area contributed by atoms with Crippen LogP contribution in [0.5, 0.6) is 5.75 Å². The molecule has 0 heterocycles. The summed E-state index contributed by atoms with van der Waals surface area (Å²) in [7, 11) is -3.78. The number of rotatable bonds is 10. The summed E-state index contributed by atoms with van der Waals surface area (Å²) < 4.78 is 72.4. The molecule has 33 heavy (non-hydrogen) atoms. The fourth-order valence-electron chi connectivity index (χ4n) is 3.15. The lowest BCUT2D eigenvalue weighted by Crippen LogP contribution is -2.38. The molecule has 180 valence electrons. The lowest BCUT2D eigenvalue weighted by Gasteiger charge is -2.30. The normalized spacial score (nSPS) is 12.3. The zero-order valence-electron chi connectivity index (χ0n) is 18.5. The van der Waals surface area contributed by atoms with Crippen LogP contribution >= 0.6 is 0 Å². The first-order valence-electron chi connectivity index (χ1n) is 10.2. The predicted octanol–water partition coefficient (Wildman–Crippen LogP) is 5.34. The molecule has 0 atom stereocenters. The maximum atomic E-state index is 13.3. The summed E-state index contributed by atoms with van der Waals surface area (Å²) in [4.78, 5) is 10.6. The monoisotopic (exact) mass is 485 g/mol. The van der Waals surface area contributed by atoms with Crippen LogP contribution in [0.15, 0.2) is 48.5 Å². The van der Waals surface area contributed by atoms with Gasteiger partial charge in [-0.2, -0.15) is 13.2 Å². The Labute approximate surface area is 191 Å². The van der Waals surface area contributed by atoms with Crippen LogP contribution in [0, 0.1) is 0 Å². The number of aliphatic carboxylic acids is 1. The van der Waals surface area contributed by atoms with Crippen LogP contribution < -0.4 is 9.04 Å². The largest absolute Gasteiger partial charge is 0.487 e. The van der Waals surface area contributed by atoms with Crippen LogP contribution in [0.1, 0.15) is 43.9 Å².